The largest absolute Gasteiger partial charge is 0.417 e. The Morgan fingerprint density at radius 3 is 2.48 bits per heavy atom. The minimum Gasteiger partial charge on any atom is -0.410 e. The van der Waals surface area contributed by atoms with Crippen molar-refractivity contribution >= 4 is 23.4 Å². The maximum atomic E-state index is 12.3. The van der Waals surface area contributed by atoms with E-state index in [1.165, 1.54) is 0 Å². The summed E-state index contributed by atoms with van der Waals surface area (Å²) in [5.74, 6) is 0.545. The van der Waals surface area contributed by atoms with Gasteiger partial charge < -0.3 is 4.74 Å². The molecule has 1 N–H and O–H groups in total. The van der Waals surface area contributed by atoms with Gasteiger partial charge in [0.25, 0.3) is 0 Å². The van der Waals surface area contributed by atoms with Crippen LogP contribution < -0.4 is 10.1 Å². The van der Waals surface area contributed by atoms with Crippen molar-refractivity contribution in [3.8, 4) is 5.75 Å². The topological polar surface area (TPSA) is 38.3 Å². The van der Waals surface area contributed by atoms with E-state index in [1.54, 1.807) is 24.3 Å². The highest BCUT2D eigenvalue weighted by Crippen LogP contribution is 2.25. The molecule has 126 valence electrons. The van der Waals surface area contributed by atoms with Crippen LogP contribution in [0, 0.1) is 6.92 Å². The summed E-state index contributed by atoms with van der Waals surface area (Å²) in [4.78, 5) is 12.3. The van der Waals surface area contributed by atoms with Gasteiger partial charge >= 0.3 is 6.09 Å². The monoisotopic (exact) mass is 351 g/mol. The van der Waals surface area contributed by atoms with Crippen LogP contribution in [-0.2, 0) is 6.42 Å². The molecule has 0 bridgehead atoms. The number of rotatable bonds is 4. The number of anilines is 1. The van der Waals surface area contributed by atoms with Gasteiger partial charge in [-0.3, -0.25) is 5.32 Å². The molecule has 0 aliphatic heterocycles. The first-order valence-corrected chi connectivity index (χ1v) is 8.37. The van der Waals surface area contributed by atoms with Gasteiger partial charge in [-0.05, 0) is 41.8 Å². The van der Waals surface area contributed by atoms with Crippen LogP contribution in [0.25, 0.3) is 0 Å². The fourth-order valence-electron chi connectivity index (χ4n) is 2.54. The first-order valence-electron chi connectivity index (χ1n) is 7.99. The van der Waals surface area contributed by atoms with E-state index in [4.69, 9.17) is 16.3 Å². The second-order valence-electron chi connectivity index (χ2n) is 5.70. The van der Waals surface area contributed by atoms with E-state index in [-0.39, 0.29) is 0 Å². The van der Waals surface area contributed by atoms with Gasteiger partial charge in [-0.2, -0.15) is 0 Å². The van der Waals surface area contributed by atoms with Crippen molar-refractivity contribution < 1.29 is 9.53 Å². The van der Waals surface area contributed by atoms with Crippen LogP contribution in [0.3, 0.4) is 0 Å². The van der Waals surface area contributed by atoms with Gasteiger partial charge in [0, 0.05) is 17.1 Å². The molecule has 1 amide bonds. The number of para-hydroxylation sites is 1. The van der Waals surface area contributed by atoms with Crippen LogP contribution in [0.4, 0.5) is 10.5 Å². The zero-order valence-corrected chi connectivity index (χ0v) is 14.6. The summed E-state index contributed by atoms with van der Waals surface area (Å²) in [6, 6.07) is 23.0. The van der Waals surface area contributed by atoms with E-state index < -0.39 is 6.09 Å². The summed E-state index contributed by atoms with van der Waals surface area (Å²) in [6.07, 6.45) is 0.159. The molecule has 0 unspecified atom stereocenters. The molecule has 3 aromatic carbocycles. The molecular formula is C21H18ClNO2. The first kappa shape index (κ1) is 17.1. The molecule has 3 aromatic rings. The molecule has 0 heterocycles. The molecule has 4 heteroatoms. The molecule has 0 fully saturated rings. The van der Waals surface area contributed by atoms with Gasteiger partial charge in [0.05, 0.1) is 0 Å². The Hall–Kier alpha value is -2.78. The van der Waals surface area contributed by atoms with E-state index in [1.807, 2.05) is 55.5 Å². The van der Waals surface area contributed by atoms with Crippen molar-refractivity contribution in [2.75, 3.05) is 5.32 Å². The predicted molar refractivity (Wildman–Crippen MR) is 102 cm³/mol. The zero-order valence-electron chi connectivity index (χ0n) is 13.8. The third kappa shape index (κ3) is 4.40. The average Bonchev–Trinajstić information content (AvgIpc) is 2.62. The quantitative estimate of drug-likeness (QED) is 0.640. The number of benzene rings is 3. The first-order chi connectivity index (χ1) is 12.1. The predicted octanol–water partition coefficient (Wildman–Crippen LogP) is 5.85. The molecular weight excluding hydrogens is 334 g/mol. The Labute approximate surface area is 152 Å². The lowest BCUT2D eigenvalue weighted by Crippen LogP contribution is -2.18. The van der Waals surface area contributed by atoms with Crippen molar-refractivity contribution in [2.45, 2.75) is 13.3 Å². The molecule has 0 saturated heterocycles. The Balaban J connectivity index is 1.74. The van der Waals surface area contributed by atoms with Crippen LogP contribution in [0.2, 0.25) is 5.02 Å². The molecule has 0 saturated carbocycles. The summed E-state index contributed by atoms with van der Waals surface area (Å²) in [5.41, 5.74) is 3.55. The maximum absolute atomic E-state index is 12.3. The van der Waals surface area contributed by atoms with Crippen LogP contribution in [0.1, 0.15) is 16.7 Å². The Morgan fingerprint density at radius 1 is 0.960 bits per heavy atom. The highest BCUT2D eigenvalue weighted by Gasteiger charge is 2.11. The van der Waals surface area contributed by atoms with Crippen molar-refractivity contribution in [1.29, 1.82) is 0 Å². The second kappa shape index (κ2) is 7.86. The SMILES string of the molecule is Cc1c(Cl)cccc1NC(=O)Oc1ccccc1Cc1ccccc1. The van der Waals surface area contributed by atoms with Gasteiger partial charge in [-0.15, -0.1) is 0 Å². The summed E-state index contributed by atoms with van der Waals surface area (Å²) < 4.78 is 5.52. The van der Waals surface area contributed by atoms with Crippen molar-refractivity contribution in [3.05, 3.63) is 94.5 Å². The van der Waals surface area contributed by atoms with Gasteiger partial charge in [-0.25, -0.2) is 4.79 Å². The van der Waals surface area contributed by atoms with Crippen LogP contribution in [-0.4, -0.2) is 6.09 Å². The summed E-state index contributed by atoms with van der Waals surface area (Å²) in [5, 5.41) is 3.34. The Kier molecular flexibility index (Phi) is 5.36. The molecule has 3 nitrogen and oxygen atoms in total. The fourth-order valence-corrected chi connectivity index (χ4v) is 2.72. The number of hydrogen-bond donors (Lipinski definition) is 1. The second-order valence-corrected chi connectivity index (χ2v) is 6.10. The minimum absolute atomic E-state index is 0.536. The number of halogens is 1. The van der Waals surface area contributed by atoms with Gasteiger partial charge in [0.2, 0.25) is 0 Å². The third-order valence-corrected chi connectivity index (χ3v) is 4.33. The van der Waals surface area contributed by atoms with Crippen LogP contribution >= 0.6 is 11.6 Å². The van der Waals surface area contributed by atoms with Gasteiger partial charge in [-0.1, -0.05) is 66.2 Å². The number of nitrogens with one attached hydrogen (secondary N) is 1. The number of ether oxygens (including phenoxy) is 1. The maximum Gasteiger partial charge on any atom is 0.417 e. The van der Waals surface area contributed by atoms with Crippen molar-refractivity contribution in [3.63, 3.8) is 0 Å². The number of hydrogen-bond acceptors (Lipinski definition) is 2. The molecule has 0 radical (unpaired) electrons. The number of carbonyl (C=O) groups is 1. The van der Waals surface area contributed by atoms with Crippen molar-refractivity contribution in [2.24, 2.45) is 0 Å². The van der Waals surface area contributed by atoms with Gasteiger partial charge in [0.1, 0.15) is 5.75 Å². The lowest BCUT2D eigenvalue weighted by atomic mass is 10.0. The lowest BCUT2D eigenvalue weighted by Gasteiger charge is -2.12. The van der Waals surface area contributed by atoms with E-state index in [9.17, 15) is 4.79 Å². The highest BCUT2D eigenvalue weighted by atomic mass is 35.5. The van der Waals surface area contributed by atoms with Gasteiger partial charge in [0.15, 0.2) is 0 Å². The van der Waals surface area contributed by atoms with E-state index >= 15 is 0 Å². The normalized spacial score (nSPS) is 10.3. The van der Waals surface area contributed by atoms with E-state index in [0.717, 1.165) is 16.7 Å². The Morgan fingerprint density at radius 2 is 1.68 bits per heavy atom. The molecule has 0 aliphatic carbocycles. The summed E-state index contributed by atoms with van der Waals surface area (Å²) in [6.45, 7) is 1.85. The average molecular weight is 352 g/mol. The van der Waals surface area contributed by atoms with E-state index in [0.29, 0.717) is 22.9 Å². The molecule has 0 atom stereocenters. The molecule has 0 aliphatic rings. The molecule has 0 aromatic heterocycles. The number of carbonyl (C=O) groups excluding carboxylic acids is 1. The van der Waals surface area contributed by atoms with Crippen LogP contribution in [0.5, 0.6) is 5.75 Å². The number of amides is 1. The zero-order chi connectivity index (χ0) is 17.6. The third-order valence-electron chi connectivity index (χ3n) is 3.92. The van der Waals surface area contributed by atoms with E-state index in [2.05, 4.69) is 5.32 Å². The standard InChI is InChI=1S/C21H18ClNO2/c1-15-18(22)11-7-12-19(15)23-21(24)25-20-13-6-5-10-17(20)14-16-8-3-2-4-9-16/h2-13H,14H2,1H3,(H,23,24). The minimum atomic E-state index is -0.536. The molecule has 0 spiro atoms. The molecule has 25 heavy (non-hydrogen) atoms. The lowest BCUT2D eigenvalue weighted by molar-refractivity contribution is 0.215. The fraction of sp³-hybridized carbons (Fsp3) is 0.0952. The summed E-state index contributed by atoms with van der Waals surface area (Å²) in [7, 11) is 0. The van der Waals surface area contributed by atoms with Crippen LogP contribution in [0.15, 0.2) is 72.8 Å². The van der Waals surface area contributed by atoms with Crippen molar-refractivity contribution in [1.82, 2.24) is 0 Å². The molecule has 3 rings (SSSR count). The smallest absolute Gasteiger partial charge is 0.410 e. The highest BCUT2D eigenvalue weighted by molar-refractivity contribution is 6.31. The summed E-state index contributed by atoms with van der Waals surface area (Å²) >= 11 is 6.08. The Bertz CT molecular complexity index is 878.